The Morgan fingerprint density at radius 2 is 1.38 bits per heavy atom. The SMILES string of the molecule is CO[C@@H]1[C@@H](OC)CN(C)C[C@H]1OC. The van der Waals surface area contributed by atoms with E-state index in [0.717, 1.165) is 13.1 Å². The second-order valence-corrected chi connectivity index (χ2v) is 3.47. The molecule has 4 heteroatoms. The normalized spacial score (nSPS) is 36.5. The third kappa shape index (κ3) is 2.40. The molecule has 0 N–H and O–H groups in total. The maximum Gasteiger partial charge on any atom is 0.112 e. The first-order chi connectivity index (χ1) is 6.22. The number of methoxy groups -OCH3 is 3. The second kappa shape index (κ2) is 4.91. The number of rotatable bonds is 3. The van der Waals surface area contributed by atoms with Crippen molar-refractivity contribution in [2.75, 3.05) is 41.5 Å². The van der Waals surface area contributed by atoms with Gasteiger partial charge in [-0.3, -0.25) is 0 Å². The van der Waals surface area contributed by atoms with Gasteiger partial charge in [0, 0.05) is 34.4 Å². The van der Waals surface area contributed by atoms with E-state index in [-0.39, 0.29) is 18.3 Å². The molecule has 0 aromatic heterocycles. The van der Waals surface area contributed by atoms with Crippen molar-refractivity contribution in [3.63, 3.8) is 0 Å². The fourth-order valence-corrected chi connectivity index (χ4v) is 1.86. The number of ether oxygens (including phenoxy) is 3. The van der Waals surface area contributed by atoms with Gasteiger partial charge >= 0.3 is 0 Å². The topological polar surface area (TPSA) is 30.9 Å². The number of hydrogen-bond donors (Lipinski definition) is 0. The van der Waals surface area contributed by atoms with Gasteiger partial charge in [-0.1, -0.05) is 0 Å². The maximum absolute atomic E-state index is 5.37. The predicted molar refractivity (Wildman–Crippen MR) is 49.9 cm³/mol. The summed E-state index contributed by atoms with van der Waals surface area (Å²) in [6.07, 6.45) is 0.258. The van der Waals surface area contributed by atoms with E-state index in [2.05, 4.69) is 11.9 Å². The molecule has 0 aromatic carbocycles. The molecule has 1 rings (SSSR count). The van der Waals surface area contributed by atoms with Gasteiger partial charge in [0.25, 0.3) is 0 Å². The standard InChI is InChI=1S/C9H19NO3/c1-10-5-7(11-2)9(13-4)8(6-10)12-3/h7-9H,5-6H2,1-4H3/t7-,8+,9+. The minimum atomic E-state index is 0.0474. The maximum atomic E-state index is 5.37. The lowest BCUT2D eigenvalue weighted by Crippen LogP contribution is -2.56. The van der Waals surface area contributed by atoms with Crippen molar-refractivity contribution in [1.82, 2.24) is 4.90 Å². The summed E-state index contributed by atoms with van der Waals surface area (Å²) in [7, 11) is 7.18. The molecule has 0 amide bonds. The van der Waals surface area contributed by atoms with E-state index >= 15 is 0 Å². The lowest BCUT2D eigenvalue weighted by atomic mass is 10.0. The zero-order valence-electron chi connectivity index (χ0n) is 8.82. The molecular weight excluding hydrogens is 170 g/mol. The molecule has 0 unspecified atom stereocenters. The van der Waals surface area contributed by atoms with Crippen LogP contribution >= 0.6 is 0 Å². The Morgan fingerprint density at radius 3 is 1.69 bits per heavy atom. The van der Waals surface area contributed by atoms with Crippen LogP contribution in [0.15, 0.2) is 0 Å². The van der Waals surface area contributed by atoms with E-state index in [1.807, 2.05) is 0 Å². The molecule has 0 radical (unpaired) electrons. The van der Waals surface area contributed by atoms with Crippen LogP contribution in [0.1, 0.15) is 0 Å². The van der Waals surface area contributed by atoms with Gasteiger partial charge in [0.1, 0.15) is 6.10 Å². The van der Waals surface area contributed by atoms with Crippen LogP contribution in [-0.4, -0.2) is 64.7 Å². The second-order valence-electron chi connectivity index (χ2n) is 3.47. The Morgan fingerprint density at radius 1 is 0.923 bits per heavy atom. The van der Waals surface area contributed by atoms with Crippen molar-refractivity contribution in [2.45, 2.75) is 18.3 Å². The van der Waals surface area contributed by atoms with Crippen molar-refractivity contribution in [2.24, 2.45) is 0 Å². The van der Waals surface area contributed by atoms with Gasteiger partial charge in [-0.15, -0.1) is 0 Å². The minimum Gasteiger partial charge on any atom is -0.377 e. The summed E-state index contributed by atoms with van der Waals surface area (Å²) in [6, 6.07) is 0. The molecule has 0 saturated carbocycles. The summed E-state index contributed by atoms with van der Waals surface area (Å²) >= 11 is 0. The van der Waals surface area contributed by atoms with Gasteiger partial charge in [-0.25, -0.2) is 0 Å². The first-order valence-electron chi connectivity index (χ1n) is 4.49. The highest BCUT2D eigenvalue weighted by Gasteiger charge is 2.36. The zero-order chi connectivity index (χ0) is 9.84. The highest BCUT2D eigenvalue weighted by Crippen LogP contribution is 2.17. The Hall–Kier alpha value is -0.160. The average Bonchev–Trinajstić information content (AvgIpc) is 2.16. The molecule has 0 bridgehead atoms. The number of nitrogens with zero attached hydrogens (tertiary/aromatic N) is 1. The van der Waals surface area contributed by atoms with Crippen LogP contribution in [0.5, 0.6) is 0 Å². The fraction of sp³-hybridized carbons (Fsp3) is 1.00. The van der Waals surface area contributed by atoms with E-state index in [4.69, 9.17) is 14.2 Å². The largest absolute Gasteiger partial charge is 0.377 e. The highest BCUT2D eigenvalue weighted by atomic mass is 16.6. The predicted octanol–water partition coefficient (Wildman–Crippen LogP) is -0.0232. The van der Waals surface area contributed by atoms with Crippen LogP contribution in [0.3, 0.4) is 0 Å². The third-order valence-electron chi connectivity index (χ3n) is 2.59. The summed E-state index contributed by atoms with van der Waals surface area (Å²) in [6.45, 7) is 1.80. The Labute approximate surface area is 79.8 Å². The lowest BCUT2D eigenvalue weighted by molar-refractivity contribution is -0.143. The minimum absolute atomic E-state index is 0.0474. The summed E-state index contributed by atoms with van der Waals surface area (Å²) in [5.41, 5.74) is 0. The van der Waals surface area contributed by atoms with Crippen molar-refractivity contribution in [3.05, 3.63) is 0 Å². The van der Waals surface area contributed by atoms with Crippen molar-refractivity contribution < 1.29 is 14.2 Å². The Bertz CT molecular complexity index is 140. The molecule has 1 heterocycles. The van der Waals surface area contributed by atoms with Gasteiger partial charge in [0.05, 0.1) is 12.2 Å². The third-order valence-corrected chi connectivity index (χ3v) is 2.59. The summed E-state index contributed by atoms with van der Waals surface area (Å²) < 4.78 is 16.1. The molecular formula is C9H19NO3. The molecule has 1 saturated heterocycles. The smallest absolute Gasteiger partial charge is 0.112 e. The molecule has 78 valence electrons. The van der Waals surface area contributed by atoms with Gasteiger partial charge in [-0.05, 0) is 7.05 Å². The number of likely N-dealkylation sites (N-methyl/N-ethyl adjacent to an activating group) is 1. The number of hydrogen-bond acceptors (Lipinski definition) is 4. The quantitative estimate of drug-likeness (QED) is 0.624. The molecule has 1 fully saturated rings. The van der Waals surface area contributed by atoms with Crippen LogP contribution in [0.4, 0.5) is 0 Å². The number of piperidine rings is 1. The van der Waals surface area contributed by atoms with E-state index in [0.29, 0.717) is 0 Å². The van der Waals surface area contributed by atoms with Gasteiger partial charge < -0.3 is 19.1 Å². The fourth-order valence-electron chi connectivity index (χ4n) is 1.86. The Balaban J connectivity index is 2.61. The van der Waals surface area contributed by atoms with E-state index in [1.54, 1.807) is 21.3 Å². The van der Waals surface area contributed by atoms with E-state index < -0.39 is 0 Å². The summed E-state index contributed by atoms with van der Waals surface area (Å²) in [5.74, 6) is 0. The van der Waals surface area contributed by atoms with Crippen molar-refractivity contribution in [3.8, 4) is 0 Å². The molecule has 3 atom stereocenters. The lowest BCUT2D eigenvalue weighted by Gasteiger charge is -2.40. The first-order valence-corrected chi connectivity index (χ1v) is 4.49. The van der Waals surface area contributed by atoms with Gasteiger partial charge in [0.2, 0.25) is 0 Å². The zero-order valence-corrected chi connectivity index (χ0v) is 8.82. The summed E-state index contributed by atoms with van der Waals surface area (Å²) in [5, 5.41) is 0. The van der Waals surface area contributed by atoms with Crippen molar-refractivity contribution in [1.29, 1.82) is 0 Å². The molecule has 0 aromatic rings. The van der Waals surface area contributed by atoms with Crippen LogP contribution in [0.25, 0.3) is 0 Å². The van der Waals surface area contributed by atoms with E-state index in [9.17, 15) is 0 Å². The molecule has 1 aliphatic heterocycles. The molecule has 13 heavy (non-hydrogen) atoms. The van der Waals surface area contributed by atoms with Crippen molar-refractivity contribution >= 4 is 0 Å². The Kier molecular flexibility index (Phi) is 4.12. The van der Waals surface area contributed by atoms with Gasteiger partial charge in [0.15, 0.2) is 0 Å². The molecule has 0 aliphatic carbocycles. The average molecular weight is 189 g/mol. The number of likely N-dealkylation sites (tertiary alicyclic amines) is 1. The van der Waals surface area contributed by atoms with Gasteiger partial charge in [-0.2, -0.15) is 0 Å². The molecule has 4 nitrogen and oxygen atoms in total. The molecule has 1 aliphatic rings. The first kappa shape index (κ1) is 10.9. The monoisotopic (exact) mass is 189 g/mol. The highest BCUT2D eigenvalue weighted by molar-refractivity contribution is 4.88. The van der Waals surface area contributed by atoms with E-state index in [1.165, 1.54) is 0 Å². The molecule has 0 spiro atoms. The summed E-state index contributed by atoms with van der Waals surface area (Å²) in [4.78, 5) is 2.19. The van der Waals surface area contributed by atoms with Crippen LogP contribution in [0.2, 0.25) is 0 Å². The van der Waals surface area contributed by atoms with Crippen LogP contribution in [0, 0.1) is 0 Å². The van der Waals surface area contributed by atoms with Crippen LogP contribution < -0.4 is 0 Å². The van der Waals surface area contributed by atoms with Crippen LogP contribution in [-0.2, 0) is 14.2 Å².